The van der Waals surface area contributed by atoms with Crippen molar-refractivity contribution in [2.24, 2.45) is 4.99 Å². The number of anilines is 1. The molecule has 2 aromatic carbocycles. The summed E-state index contributed by atoms with van der Waals surface area (Å²) in [5.41, 5.74) is 7.25. The van der Waals surface area contributed by atoms with Crippen molar-refractivity contribution in [3.63, 3.8) is 0 Å². The molecule has 1 aliphatic heterocycles. The highest BCUT2D eigenvalue weighted by atomic mass is 35.5. The predicted octanol–water partition coefficient (Wildman–Crippen LogP) is 6.42. The van der Waals surface area contributed by atoms with E-state index in [9.17, 15) is 4.79 Å². The quantitative estimate of drug-likeness (QED) is 0.125. The highest BCUT2D eigenvalue weighted by molar-refractivity contribution is 6.08. The molecule has 2 N–H and O–H groups in total. The van der Waals surface area contributed by atoms with Crippen LogP contribution in [0.2, 0.25) is 0 Å². The van der Waals surface area contributed by atoms with Gasteiger partial charge in [-0.1, -0.05) is 18.2 Å². The van der Waals surface area contributed by atoms with E-state index in [2.05, 4.69) is 43.2 Å². The standard InChI is InChI=1S/C28H30N2O3.ClH.HNO3/c1-6-29-23-15-25-21(13-17(23)4)27(19-11-9-10-12-20(19)28(31)32-8-3)22-14-18(5)24(30-7-2)16-26(22)33-25;;2-1(3)4/h9-16,29H,6-8H2,1-5H3;1H;(H,2,3,4)/b30-24-;;. The van der Waals surface area contributed by atoms with Crippen molar-refractivity contribution in [2.45, 2.75) is 34.6 Å². The fraction of sp³-hybridized carbons (Fsp3) is 0.286. The Hall–Kier alpha value is -4.11. The fourth-order valence-electron chi connectivity index (χ4n) is 4.29. The number of ether oxygens (including phenoxy) is 1. The topological polar surface area (TPSA) is 127 Å². The third kappa shape index (κ3) is 6.60. The van der Waals surface area contributed by atoms with Gasteiger partial charge in [0.1, 0.15) is 11.3 Å². The highest BCUT2D eigenvalue weighted by Crippen LogP contribution is 2.43. The first-order valence-corrected chi connectivity index (χ1v) is 12.1. The van der Waals surface area contributed by atoms with Crippen LogP contribution in [-0.2, 0) is 4.74 Å². The first-order valence-electron chi connectivity index (χ1n) is 12.1. The molecule has 0 aromatic heterocycles. The van der Waals surface area contributed by atoms with Crippen LogP contribution in [0.25, 0.3) is 33.4 Å². The summed E-state index contributed by atoms with van der Waals surface area (Å²) in [5.74, 6) is 0.408. The molecule has 0 amide bonds. The van der Waals surface area contributed by atoms with E-state index < -0.39 is 5.09 Å². The van der Waals surface area contributed by atoms with Gasteiger partial charge in [0.05, 0.1) is 17.5 Å². The van der Waals surface area contributed by atoms with Crippen LogP contribution >= 0.6 is 12.4 Å². The maximum absolute atomic E-state index is 12.9. The van der Waals surface area contributed by atoms with Crippen LogP contribution in [0.4, 0.5) is 5.69 Å². The summed E-state index contributed by atoms with van der Waals surface area (Å²) < 4.78 is 11.8. The summed E-state index contributed by atoms with van der Waals surface area (Å²) in [6.07, 6.45) is 0. The van der Waals surface area contributed by atoms with Gasteiger partial charge >= 0.3 is 5.97 Å². The predicted molar refractivity (Wildman–Crippen MR) is 150 cm³/mol. The molecule has 4 rings (SSSR count). The van der Waals surface area contributed by atoms with E-state index >= 15 is 0 Å². The number of aryl methyl sites for hydroxylation is 2. The number of fused-ring (bicyclic) bond motifs is 2. The summed E-state index contributed by atoms with van der Waals surface area (Å²) in [6.45, 7) is 11.9. The number of rotatable bonds is 6. The summed E-state index contributed by atoms with van der Waals surface area (Å²) in [5, 5.41) is 18.9. The zero-order valence-electron chi connectivity index (χ0n) is 22.0. The van der Waals surface area contributed by atoms with Crippen LogP contribution in [0, 0.1) is 24.0 Å². The summed E-state index contributed by atoms with van der Waals surface area (Å²) in [7, 11) is 0. The number of halogens is 1. The number of nitrogens with one attached hydrogen (secondary N) is 1. The molecular formula is C28H32ClN3O6. The molecule has 10 heteroatoms. The van der Waals surface area contributed by atoms with E-state index in [4.69, 9.17) is 24.5 Å². The largest absolute Gasteiger partial charge is 0.462 e. The zero-order valence-corrected chi connectivity index (χ0v) is 22.8. The Kier molecular flexibility index (Phi) is 10.7. The van der Waals surface area contributed by atoms with Crippen molar-refractivity contribution < 1.29 is 24.2 Å². The number of nitrogens with zero attached hydrogens (tertiary/aromatic N) is 2. The van der Waals surface area contributed by atoms with E-state index in [0.717, 1.165) is 62.1 Å². The van der Waals surface area contributed by atoms with Crippen molar-refractivity contribution in [2.75, 3.05) is 25.0 Å². The maximum Gasteiger partial charge on any atom is 0.338 e. The molecule has 38 heavy (non-hydrogen) atoms. The van der Waals surface area contributed by atoms with Crippen LogP contribution in [0.3, 0.4) is 0 Å². The minimum absolute atomic E-state index is 0. The van der Waals surface area contributed by atoms with Crippen LogP contribution in [0.1, 0.15) is 42.3 Å². The van der Waals surface area contributed by atoms with Gasteiger partial charge in [-0.3, -0.25) is 4.99 Å². The monoisotopic (exact) mass is 541 g/mol. The molecular weight excluding hydrogens is 510 g/mol. The second-order valence-corrected chi connectivity index (χ2v) is 8.28. The second-order valence-electron chi connectivity index (χ2n) is 8.28. The SMILES string of the molecule is CC/N=c1/cc2oc3cc(NCC)c(C)cc3c(-c3ccccc3C(=O)OCC)c-2cc1C.Cl.O=[N+]([O-])O. The van der Waals surface area contributed by atoms with E-state index in [1.807, 2.05) is 50.2 Å². The zero-order chi connectivity index (χ0) is 27.1. The Labute approximate surface area is 227 Å². The number of hydrogen-bond acceptors (Lipinski definition) is 7. The van der Waals surface area contributed by atoms with Crippen molar-refractivity contribution in [1.29, 1.82) is 0 Å². The Balaban J connectivity index is 0.000000947. The molecule has 0 radical (unpaired) electrons. The Morgan fingerprint density at radius 3 is 2.39 bits per heavy atom. The minimum Gasteiger partial charge on any atom is -0.462 e. The van der Waals surface area contributed by atoms with Gasteiger partial charge in [0, 0.05) is 47.4 Å². The van der Waals surface area contributed by atoms with Crippen LogP contribution in [0.15, 0.2) is 57.9 Å². The first kappa shape index (κ1) is 30.1. The van der Waals surface area contributed by atoms with Gasteiger partial charge in [-0.2, -0.15) is 0 Å². The highest BCUT2D eigenvalue weighted by Gasteiger charge is 2.23. The molecule has 1 heterocycles. The molecule has 0 bridgehead atoms. The summed E-state index contributed by atoms with van der Waals surface area (Å²) in [6, 6.07) is 15.9. The van der Waals surface area contributed by atoms with Gasteiger partial charge < -0.3 is 19.7 Å². The minimum atomic E-state index is -1.50. The number of carbonyl (C=O) groups is 1. The lowest BCUT2D eigenvalue weighted by Crippen LogP contribution is -2.10. The van der Waals surface area contributed by atoms with Crippen molar-refractivity contribution in [3.8, 4) is 22.5 Å². The van der Waals surface area contributed by atoms with Gasteiger partial charge in [-0.15, -0.1) is 22.5 Å². The third-order valence-corrected chi connectivity index (χ3v) is 5.77. The maximum atomic E-state index is 12.9. The molecule has 0 unspecified atom stereocenters. The third-order valence-electron chi connectivity index (χ3n) is 5.77. The average Bonchev–Trinajstić information content (AvgIpc) is 2.84. The number of hydrogen-bond donors (Lipinski definition) is 2. The lowest BCUT2D eigenvalue weighted by atomic mass is 9.89. The molecule has 0 spiro atoms. The van der Waals surface area contributed by atoms with Gasteiger partial charge in [0.2, 0.25) is 0 Å². The molecule has 0 fully saturated rings. The van der Waals surface area contributed by atoms with Gasteiger partial charge in [-0.05, 0) is 69.5 Å². The van der Waals surface area contributed by atoms with Crippen LogP contribution in [-0.4, -0.2) is 36.0 Å². The normalized spacial score (nSPS) is 10.9. The van der Waals surface area contributed by atoms with E-state index in [1.165, 1.54) is 0 Å². The van der Waals surface area contributed by atoms with E-state index in [-0.39, 0.29) is 18.4 Å². The lowest BCUT2D eigenvalue weighted by molar-refractivity contribution is -0.742. The Morgan fingerprint density at radius 2 is 1.76 bits per heavy atom. The van der Waals surface area contributed by atoms with Crippen LogP contribution < -0.4 is 10.7 Å². The van der Waals surface area contributed by atoms with Crippen molar-refractivity contribution in [1.82, 2.24) is 0 Å². The Bertz CT molecular complexity index is 1480. The smallest absolute Gasteiger partial charge is 0.338 e. The van der Waals surface area contributed by atoms with E-state index in [0.29, 0.717) is 18.7 Å². The summed E-state index contributed by atoms with van der Waals surface area (Å²) in [4.78, 5) is 25.8. The fourth-order valence-corrected chi connectivity index (χ4v) is 4.29. The van der Waals surface area contributed by atoms with Gasteiger partial charge in [-0.25, -0.2) is 4.79 Å². The number of carbonyl (C=O) groups excluding carboxylic acids is 1. The molecule has 9 nitrogen and oxygen atoms in total. The molecule has 0 saturated heterocycles. The van der Waals surface area contributed by atoms with E-state index in [1.54, 1.807) is 0 Å². The number of benzene rings is 3. The molecule has 2 aliphatic rings. The first-order chi connectivity index (χ1) is 17.7. The second kappa shape index (κ2) is 13.4. The van der Waals surface area contributed by atoms with Crippen molar-refractivity contribution in [3.05, 3.63) is 80.7 Å². The average molecular weight is 542 g/mol. The van der Waals surface area contributed by atoms with Crippen LogP contribution in [0.5, 0.6) is 0 Å². The van der Waals surface area contributed by atoms with Gasteiger partial charge in [0.15, 0.2) is 0 Å². The molecule has 2 aromatic rings. The number of esters is 1. The van der Waals surface area contributed by atoms with Crippen molar-refractivity contribution >= 4 is 35.0 Å². The molecule has 0 atom stereocenters. The summed E-state index contributed by atoms with van der Waals surface area (Å²) >= 11 is 0. The molecule has 0 saturated carbocycles. The Morgan fingerprint density at radius 1 is 1.08 bits per heavy atom. The van der Waals surface area contributed by atoms with Gasteiger partial charge in [0.25, 0.3) is 5.09 Å². The molecule has 202 valence electrons. The lowest BCUT2D eigenvalue weighted by Gasteiger charge is -2.19. The molecule has 1 aliphatic carbocycles.